The van der Waals surface area contributed by atoms with Crippen molar-refractivity contribution in [2.45, 2.75) is 6.92 Å². The maximum Gasteiger partial charge on any atom is 0.289 e. The fraction of sp³-hybridized carbons (Fsp3) is 0.0556. The monoisotopic (exact) mass is 397 g/mol. The standard InChI is InChI=1S/C18H16BrN5O/c1-11(12-4-8-15(20)9-5-12)21-24-18(25)17-10-16(22-23-17)13-2-6-14(19)7-3-13/h2-10H,20H2,1H3,(H,22,23)(H,24,25)/b21-11-. The van der Waals surface area contributed by atoms with Crippen LogP contribution in [0.4, 0.5) is 5.69 Å². The van der Waals surface area contributed by atoms with Crippen LogP contribution in [-0.2, 0) is 0 Å². The van der Waals surface area contributed by atoms with Crippen LogP contribution in [0, 0.1) is 0 Å². The Bertz CT molecular complexity index is 913. The lowest BCUT2D eigenvalue weighted by Crippen LogP contribution is -2.19. The van der Waals surface area contributed by atoms with E-state index >= 15 is 0 Å². The SMILES string of the molecule is C/C(=N/NC(=O)c1cc(-c2ccc(Br)cc2)n[nH]1)c1ccc(N)cc1. The third-order valence-corrected chi connectivity index (χ3v) is 4.14. The summed E-state index contributed by atoms with van der Waals surface area (Å²) in [6.07, 6.45) is 0. The molecule has 0 aliphatic heterocycles. The fourth-order valence-electron chi connectivity index (χ4n) is 2.19. The number of hydrazone groups is 1. The van der Waals surface area contributed by atoms with E-state index in [9.17, 15) is 4.79 Å². The number of hydrogen-bond donors (Lipinski definition) is 3. The number of nitrogens with one attached hydrogen (secondary N) is 2. The number of nitrogens with two attached hydrogens (primary N) is 1. The summed E-state index contributed by atoms with van der Waals surface area (Å²) in [5.74, 6) is -0.356. The van der Waals surface area contributed by atoms with Crippen molar-refractivity contribution in [1.29, 1.82) is 0 Å². The Balaban J connectivity index is 1.70. The molecule has 0 unspecified atom stereocenters. The van der Waals surface area contributed by atoms with Crippen LogP contribution in [0.25, 0.3) is 11.3 Å². The number of nitrogens with zero attached hydrogens (tertiary/aromatic N) is 2. The fourth-order valence-corrected chi connectivity index (χ4v) is 2.45. The molecule has 1 heterocycles. The molecule has 3 aromatic rings. The van der Waals surface area contributed by atoms with Crippen molar-refractivity contribution < 1.29 is 4.79 Å². The topological polar surface area (TPSA) is 96.2 Å². The summed E-state index contributed by atoms with van der Waals surface area (Å²) in [5.41, 5.74) is 12.4. The number of benzene rings is 2. The highest BCUT2D eigenvalue weighted by atomic mass is 79.9. The van der Waals surface area contributed by atoms with Gasteiger partial charge in [-0.3, -0.25) is 9.89 Å². The van der Waals surface area contributed by atoms with Crippen LogP contribution in [0.2, 0.25) is 0 Å². The first kappa shape index (κ1) is 16.9. The molecule has 0 saturated heterocycles. The van der Waals surface area contributed by atoms with E-state index in [4.69, 9.17) is 5.73 Å². The number of nitrogen functional groups attached to an aromatic ring is 1. The smallest absolute Gasteiger partial charge is 0.289 e. The van der Waals surface area contributed by atoms with Gasteiger partial charge in [0.05, 0.1) is 11.4 Å². The minimum Gasteiger partial charge on any atom is -0.399 e. The van der Waals surface area contributed by atoms with Gasteiger partial charge < -0.3 is 5.73 Å². The number of halogens is 1. The first-order valence-electron chi connectivity index (χ1n) is 7.55. The van der Waals surface area contributed by atoms with E-state index in [1.807, 2.05) is 43.3 Å². The minimum absolute atomic E-state index is 0.340. The van der Waals surface area contributed by atoms with Gasteiger partial charge in [-0.05, 0) is 42.8 Å². The lowest BCUT2D eigenvalue weighted by molar-refractivity contribution is 0.0950. The highest BCUT2D eigenvalue weighted by Crippen LogP contribution is 2.20. The summed E-state index contributed by atoms with van der Waals surface area (Å²) in [6.45, 7) is 1.81. The van der Waals surface area contributed by atoms with E-state index in [2.05, 4.69) is 36.7 Å². The highest BCUT2D eigenvalue weighted by molar-refractivity contribution is 9.10. The predicted octanol–water partition coefficient (Wildman–Crippen LogP) is 3.58. The quantitative estimate of drug-likeness (QED) is 0.356. The van der Waals surface area contributed by atoms with E-state index < -0.39 is 0 Å². The van der Waals surface area contributed by atoms with Crippen molar-refractivity contribution in [3.8, 4) is 11.3 Å². The van der Waals surface area contributed by atoms with Gasteiger partial charge in [-0.2, -0.15) is 10.2 Å². The normalized spacial score (nSPS) is 11.4. The molecule has 1 amide bonds. The predicted molar refractivity (Wildman–Crippen MR) is 102 cm³/mol. The first-order valence-corrected chi connectivity index (χ1v) is 8.34. The van der Waals surface area contributed by atoms with Gasteiger partial charge in [0.25, 0.3) is 5.91 Å². The molecule has 0 bridgehead atoms. The molecule has 2 aromatic carbocycles. The zero-order valence-electron chi connectivity index (χ0n) is 13.5. The van der Waals surface area contributed by atoms with Crippen LogP contribution < -0.4 is 11.2 Å². The van der Waals surface area contributed by atoms with Crippen molar-refractivity contribution >= 4 is 33.2 Å². The molecule has 7 heteroatoms. The lowest BCUT2D eigenvalue weighted by atomic mass is 10.1. The van der Waals surface area contributed by atoms with Gasteiger partial charge in [0.15, 0.2) is 0 Å². The number of hydrogen-bond acceptors (Lipinski definition) is 4. The van der Waals surface area contributed by atoms with Gasteiger partial charge in [-0.25, -0.2) is 5.43 Å². The van der Waals surface area contributed by atoms with Crippen LogP contribution in [0.3, 0.4) is 0 Å². The molecule has 0 saturated carbocycles. The van der Waals surface area contributed by atoms with E-state index in [1.165, 1.54) is 0 Å². The van der Waals surface area contributed by atoms with Gasteiger partial charge in [0.1, 0.15) is 5.69 Å². The lowest BCUT2D eigenvalue weighted by Gasteiger charge is -2.02. The number of aromatic amines is 1. The van der Waals surface area contributed by atoms with E-state index in [0.717, 1.165) is 15.6 Å². The molecule has 0 atom stereocenters. The largest absolute Gasteiger partial charge is 0.399 e. The second kappa shape index (κ2) is 7.31. The zero-order chi connectivity index (χ0) is 17.8. The number of rotatable bonds is 4. The third-order valence-electron chi connectivity index (χ3n) is 3.62. The van der Waals surface area contributed by atoms with Crippen molar-refractivity contribution in [1.82, 2.24) is 15.6 Å². The number of amides is 1. The molecule has 0 aliphatic rings. The number of H-pyrrole nitrogens is 1. The molecule has 0 spiro atoms. The van der Waals surface area contributed by atoms with Gasteiger partial charge >= 0.3 is 0 Å². The first-order chi connectivity index (χ1) is 12.0. The van der Waals surface area contributed by atoms with Crippen LogP contribution in [-0.4, -0.2) is 21.8 Å². The van der Waals surface area contributed by atoms with Gasteiger partial charge in [0.2, 0.25) is 0 Å². The summed E-state index contributed by atoms with van der Waals surface area (Å²) in [5, 5.41) is 11.0. The van der Waals surface area contributed by atoms with Crippen molar-refractivity contribution in [2.24, 2.45) is 5.10 Å². The van der Waals surface area contributed by atoms with Crippen LogP contribution in [0.1, 0.15) is 23.0 Å². The second-order valence-electron chi connectivity index (χ2n) is 5.43. The van der Waals surface area contributed by atoms with Crippen molar-refractivity contribution in [2.75, 3.05) is 5.73 Å². The summed E-state index contributed by atoms with van der Waals surface area (Å²) in [6, 6.07) is 16.6. The Labute approximate surface area is 153 Å². The van der Waals surface area contributed by atoms with Gasteiger partial charge in [-0.15, -0.1) is 0 Å². The third kappa shape index (κ3) is 4.13. The average molecular weight is 398 g/mol. The summed E-state index contributed by atoms with van der Waals surface area (Å²) < 4.78 is 0.984. The average Bonchev–Trinajstić information content (AvgIpc) is 3.11. The van der Waals surface area contributed by atoms with Gasteiger partial charge in [0, 0.05) is 15.7 Å². The zero-order valence-corrected chi connectivity index (χ0v) is 15.0. The Kier molecular flexibility index (Phi) is 4.95. The molecule has 0 aliphatic carbocycles. The number of carbonyl (C=O) groups is 1. The maximum absolute atomic E-state index is 12.2. The Morgan fingerprint density at radius 2 is 1.84 bits per heavy atom. The molecule has 6 nitrogen and oxygen atoms in total. The Hall–Kier alpha value is -2.93. The van der Waals surface area contributed by atoms with Crippen molar-refractivity contribution in [3.05, 3.63) is 70.3 Å². The molecule has 25 heavy (non-hydrogen) atoms. The maximum atomic E-state index is 12.2. The summed E-state index contributed by atoms with van der Waals surface area (Å²) in [7, 11) is 0. The molecule has 1 aromatic heterocycles. The van der Waals surface area contributed by atoms with E-state index in [1.54, 1.807) is 18.2 Å². The number of anilines is 1. The van der Waals surface area contributed by atoms with E-state index in [0.29, 0.717) is 22.8 Å². The van der Waals surface area contributed by atoms with Crippen LogP contribution in [0.15, 0.2) is 64.2 Å². The van der Waals surface area contributed by atoms with Crippen LogP contribution >= 0.6 is 15.9 Å². The number of carbonyl (C=O) groups excluding carboxylic acids is 1. The van der Waals surface area contributed by atoms with E-state index in [-0.39, 0.29) is 5.91 Å². The molecule has 3 rings (SSSR count). The molecule has 4 N–H and O–H groups in total. The Morgan fingerprint density at radius 1 is 1.16 bits per heavy atom. The molecule has 0 radical (unpaired) electrons. The van der Waals surface area contributed by atoms with Crippen LogP contribution in [0.5, 0.6) is 0 Å². The molecule has 126 valence electrons. The minimum atomic E-state index is -0.356. The van der Waals surface area contributed by atoms with Crippen molar-refractivity contribution in [3.63, 3.8) is 0 Å². The molecular formula is C18H16BrN5O. The van der Waals surface area contributed by atoms with Gasteiger partial charge in [-0.1, -0.05) is 40.2 Å². The molecular weight excluding hydrogens is 382 g/mol. The number of aromatic nitrogens is 2. The Morgan fingerprint density at radius 3 is 2.52 bits per heavy atom. The summed E-state index contributed by atoms with van der Waals surface area (Å²) >= 11 is 3.39. The summed E-state index contributed by atoms with van der Waals surface area (Å²) in [4.78, 5) is 12.2. The second-order valence-corrected chi connectivity index (χ2v) is 6.35. The highest BCUT2D eigenvalue weighted by Gasteiger charge is 2.10. The molecule has 0 fully saturated rings.